The van der Waals surface area contributed by atoms with Crippen LogP contribution >= 0.6 is 0 Å². The third-order valence-corrected chi connectivity index (χ3v) is 4.66. The second-order valence-electron chi connectivity index (χ2n) is 6.73. The van der Waals surface area contributed by atoms with Crippen molar-refractivity contribution in [1.29, 1.82) is 0 Å². The Balaban J connectivity index is 1.76. The van der Waals surface area contributed by atoms with Gasteiger partial charge < -0.3 is 21.4 Å². The predicted octanol–water partition coefficient (Wildman–Crippen LogP) is 3.08. The minimum atomic E-state index is -0.298. The van der Waals surface area contributed by atoms with Crippen molar-refractivity contribution >= 4 is 34.5 Å². The number of aromatic amines is 1. The Morgan fingerprint density at radius 2 is 2.21 bits per heavy atom. The van der Waals surface area contributed by atoms with E-state index in [0.29, 0.717) is 24.5 Å². The number of anilines is 1. The summed E-state index contributed by atoms with van der Waals surface area (Å²) >= 11 is 0. The van der Waals surface area contributed by atoms with E-state index in [9.17, 15) is 4.79 Å². The molecule has 0 aliphatic heterocycles. The topological polar surface area (TPSA) is 120 Å². The van der Waals surface area contributed by atoms with Gasteiger partial charge >= 0.3 is 6.03 Å². The molecule has 2 aromatic rings. The van der Waals surface area contributed by atoms with Crippen LogP contribution < -0.4 is 21.7 Å². The fraction of sp³-hybridized carbons (Fsp3) is 0.350. The van der Waals surface area contributed by atoms with Gasteiger partial charge in [0.15, 0.2) is 5.96 Å². The van der Waals surface area contributed by atoms with E-state index >= 15 is 0 Å². The molecule has 0 atom stereocenters. The van der Waals surface area contributed by atoms with Crippen molar-refractivity contribution in [2.45, 2.75) is 38.6 Å². The average Bonchev–Trinajstić information content (AvgIpc) is 3.31. The summed E-state index contributed by atoms with van der Waals surface area (Å²) in [4.78, 5) is 23.5. The lowest BCUT2D eigenvalue weighted by Gasteiger charge is -2.11. The number of hydrogen-bond donors (Lipinski definition) is 5. The minimum Gasteiger partial charge on any atom is -0.370 e. The van der Waals surface area contributed by atoms with Crippen LogP contribution in [0.15, 0.2) is 42.0 Å². The fourth-order valence-electron chi connectivity index (χ4n) is 3.26. The summed E-state index contributed by atoms with van der Waals surface area (Å²) in [6.07, 6.45) is 8.17. The predicted molar refractivity (Wildman–Crippen MR) is 114 cm³/mol. The number of amides is 2. The lowest BCUT2D eigenvalue weighted by atomic mass is 10.1. The maximum absolute atomic E-state index is 11.6. The number of H-pyrrole nitrogens is 1. The van der Waals surface area contributed by atoms with Gasteiger partial charge in [0.05, 0.1) is 11.0 Å². The molecule has 1 heterocycles. The molecule has 1 aliphatic carbocycles. The van der Waals surface area contributed by atoms with Crippen LogP contribution in [-0.2, 0) is 0 Å². The monoisotopic (exact) mass is 381 g/mol. The van der Waals surface area contributed by atoms with Gasteiger partial charge in [-0.25, -0.2) is 14.8 Å². The van der Waals surface area contributed by atoms with E-state index in [-0.39, 0.29) is 6.03 Å². The highest BCUT2D eigenvalue weighted by Gasteiger charge is 2.14. The number of hydrogen-bond acceptors (Lipinski definition) is 3. The first kappa shape index (κ1) is 19.5. The lowest BCUT2D eigenvalue weighted by molar-refractivity contribution is 0.252. The smallest absolute Gasteiger partial charge is 0.321 e. The first-order valence-corrected chi connectivity index (χ1v) is 9.56. The van der Waals surface area contributed by atoms with Gasteiger partial charge in [-0.1, -0.05) is 31.6 Å². The molecule has 0 spiro atoms. The number of aromatic nitrogens is 2. The van der Waals surface area contributed by atoms with Crippen LogP contribution in [0.3, 0.4) is 0 Å². The van der Waals surface area contributed by atoms with Crippen molar-refractivity contribution < 1.29 is 4.79 Å². The maximum atomic E-state index is 11.6. The number of imidazole rings is 1. The Labute approximate surface area is 164 Å². The van der Waals surface area contributed by atoms with Crippen LogP contribution in [0.5, 0.6) is 0 Å². The normalized spacial score (nSPS) is 15.6. The fourth-order valence-corrected chi connectivity index (χ4v) is 3.26. The van der Waals surface area contributed by atoms with Gasteiger partial charge in [-0.3, -0.25) is 5.32 Å². The van der Waals surface area contributed by atoms with Crippen molar-refractivity contribution in [2.75, 3.05) is 11.9 Å². The average molecular weight is 381 g/mol. The molecule has 1 fully saturated rings. The van der Waals surface area contributed by atoms with Crippen molar-refractivity contribution in [2.24, 2.45) is 10.7 Å². The molecular formula is C20H27N7O. The molecule has 0 saturated heterocycles. The number of nitrogens with two attached hydrogens (primary N) is 1. The van der Waals surface area contributed by atoms with Gasteiger partial charge in [-0.2, -0.15) is 0 Å². The number of guanidine groups is 1. The van der Waals surface area contributed by atoms with Crippen LogP contribution in [0, 0.1) is 0 Å². The summed E-state index contributed by atoms with van der Waals surface area (Å²) < 4.78 is 0. The number of nitrogens with one attached hydrogen (secondary N) is 4. The molecule has 8 nitrogen and oxygen atoms in total. The molecule has 28 heavy (non-hydrogen) atoms. The molecule has 8 heteroatoms. The molecule has 0 unspecified atom stereocenters. The van der Waals surface area contributed by atoms with Crippen LogP contribution in [0.25, 0.3) is 16.6 Å². The van der Waals surface area contributed by atoms with Crippen LogP contribution in [0.4, 0.5) is 10.7 Å². The van der Waals surface area contributed by atoms with E-state index in [1.54, 1.807) is 12.3 Å². The van der Waals surface area contributed by atoms with Crippen LogP contribution in [-0.4, -0.2) is 34.5 Å². The summed E-state index contributed by atoms with van der Waals surface area (Å²) in [6, 6.07) is 5.88. The van der Waals surface area contributed by atoms with Crippen molar-refractivity contribution in [3.63, 3.8) is 0 Å². The summed E-state index contributed by atoms with van der Waals surface area (Å²) in [6.45, 7) is 6.27. The van der Waals surface area contributed by atoms with E-state index in [0.717, 1.165) is 35.0 Å². The molecule has 6 N–H and O–H groups in total. The number of nitrogens with zero attached hydrogens (tertiary/aromatic N) is 2. The molecule has 2 amide bonds. The minimum absolute atomic E-state index is 0.298. The van der Waals surface area contributed by atoms with Crippen molar-refractivity contribution in [3.05, 3.63) is 42.6 Å². The molecule has 1 saturated carbocycles. The van der Waals surface area contributed by atoms with E-state index in [4.69, 9.17) is 5.73 Å². The first-order valence-electron chi connectivity index (χ1n) is 9.56. The van der Waals surface area contributed by atoms with Crippen molar-refractivity contribution in [1.82, 2.24) is 20.6 Å². The molecule has 3 rings (SSSR count). The molecule has 1 aliphatic rings. The van der Waals surface area contributed by atoms with Gasteiger partial charge in [0, 0.05) is 18.8 Å². The molecule has 0 bridgehead atoms. The molecular weight excluding hydrogens is 354 g/mol. The Morgan fingerprint density at radius 3 is 2.93 bits per heavy atom. The number of benzene rings is 1. The number of rotatable bonds is 6. The van der Waals surface area contributed by atoms with Gasteiger partial charge in [0.25, 0.3) is 0 Å². The zero-order valence-electron chi connectivity index (χ0n) is 16.1. The Morgan fingerprint density at radius 1 is 1.43 bits per heavy atom. The lowest BCUT2D eigenvalue weighted by Crippen LogP contribution is -2.38. The Kier molecular flexibility index (Phi) is 6.31. The SMILES string of the molecule is C=C/C(=C\N=C(/N)NC1CCCC1)c1ccc2[nH]c(NC(=O)NCC)nc2c1. The number of carbonyl (C=O) groups excluding carboxylic acids is 1. The standard InChI is InChI=1S/C20H27N7O/c1-3-13(12-23-18(21)24-15-7-5-6-8-15)14-9-10-16-17(11-14)26-19(25-16)27-20(28)22-4-2/h3,9-12,15H,1,4-8H2,2H3,(H3,21,23,24)(H3,22,25,26,27,28)/b13-12+. The molecule has 1 aromatic heterocycles. The maximum Gasteiger partial charge on any atom is 0.321 e. The number of allylic oxidation sites excluding steroid dienone is 2. The second kappa shape index (κ2) is 9.07. The number of fused-ring (bicyclic) bond motifs is 1. The highest BCUT2D eigenvalue weighted by molar-refractivity contribution is 5.91. The Hall–Kier alpha value is -3.29. The van der Waals surface area contributed by atoms with Crippen LogP contribution in [0.1, 0.15) is 38.2 Å². The zero-order valence-corrected chi connectivity index (χ0v) is 16.1. The summed E-state index contributed by atoms with van der Waals surface area (Å²) in [5.41, 5.74) is 9.30. The second-order valence-corrected chi connectivity index (χ2v) is 6.73. The number of carbonyl (C=O) groups is 1. The quantitative estimate of drug-likeness (QED) is 0.300. The third kappa shape index (κ3) is 4.91. The van der Waals surface area contributed by atoms with Crippen LogP contribution in [0.2, 0.25) is 0 Å². The van der Waals surface area contributed by atoms with E-state index in [2.05, 4.69) is 37.5 Å². The summed E-state index contributed by atoms with van der Waals surface area (Å²) in [5.74, 6) is 0.811. The Bertz CT molecular complexity index is 906. The third-order valence-electron chi connectivity index (χ3n) is 4.66. The van der Waals surface area contributed by atoms with Crippen molar-refractivity contribution in [3.8, 4) is 0 Å². The highest BCUT2D eigenvalue weighted by atomic mass is 16.2. The van der Waals surface area contributed by atoms with Gasteiger partial charge in [-0.15, -0.1) is 0 Å². The molecule has 1 aromatic carbocycles. The number of aliphatic imine (C=N–C) groups is 1. The molecule has 0 radical (unpaired) electrons. The van der Waals surface area contributed by atoms with E-state index in [1.165, 1.54) is 12.8 Å². The van der Waals surface area contributed by atoms with Gasteiger partial charge in [0.2, 0.25) is 5.95 Å². The highest BCUT2D eigenvalue weighted by Crippen LogP contribution is 2.22. The first-order chi connectivity index (χ1) is 13.6. The van der Waals surface area contributed by atoms with E-state index in [1.807, 2.05) is 25.1 Å². The van der Waals surface area contributed by atoms with Gasteiger partial charge in [0.1, 0.15) is 0 Å². The molecule has 148 valence electrons. The van der Waals surface area contributed by atoms with Gasteiger partial charge in [-0.05, 0) is 43.0 Å². The summed E-state index contributed by atoms with van der Waals surface area (Å²) in [5, 5.41) is 8.59. The largest absolute Gasteiger partial charge is 0.370 e. The number of urea groups is 1. The summed E-state index contributed by atoms with van der Waals surface area (Å²) in [7, 11) is 0. The van der Waals surface area contributed by atoms with E-state index < -0.39 is 0 Å². The zero-order chi connectivity index (χ0) is 19.9.